The van der Waals surface area contributed by atoms with E-state index < -0.39 is 0 Å². The highest BCUT2D eigenvalue weighted by Gasteiger charge is 2.03. The topological polar surface area (TPSA) is 91.5 Å². The van der Waals surface area contributed by atoms with Crippen molar-refractivity contribution in [3.05, 3.63) is 5.82 Å². The number of nitrogens with one attached hydrogen (secondary N) is 1. The zero-order valence-electron chi connectivity index (χ0n) is 7.94. The highest BCUT2D eigenvalue weighted by Crippen LogP contribution is 2.43. The van der Waals surface area contributed by atoms with Crippen LogP contribution in [0.3, 0.4) is 0 Å². The van der Waals surface area contributed by atoms with Gasteiger partial charge in [-0.05, 0) is 19.7 Å². The second-order valence-electron chi connectivity index (χ2n) is 2.45. The number of rotatable bonds is 7. The molecule has 86 valence electrons. The van der Waals surface area contributed by atoms with Crippen LogP contribution in [0.5, 0.6) is 0 Å². The van der Waals surface area contributed by atoms with Crippen LogP contribution in [0, 0.1) is 0 Å². The van der Waals surface area contributed by atoms with Gasteiger partial charge in [-0.15, -0.1) is 15.3 Å². The number of azo groups is 1. The summed E-state index contributed by atoms with van der Waals surface area (Å²) in [4.78, 5) is 4.09. The first kappa shape index (κ1) is 12.2. The first-order valence-electron chi connectivity index (χ1n) is 4.16. The Labute approximate surface area is 107 Å². The van der Waals surface area contributed by atoms with Gasteiger partial charge in [-0.3, -0.25) is 0 Å². The Morgan fingerprint density at radius 1 is 1.19 bits per heavy atom. The number of aromatic nitrogens is 4. The van der Waals surface area contributed by atoms with Gasteiger partial charge in [-0.1, -0.05) is 26.8 Å². The lowest BCUT2D eigenvalue weighted by atomic mass is 10.7. The Bertz CT molecular complexity index is 363. The summed E-state index contributed by atoms with van der Waals surface area (Å²) in [5.41, 5.74) is 0. The molecule has 2 heterocycles. The van der Waals surface area contributed by atoms with Crippen LogP contribution in [-0.4, -0.2) is 38.9 Å². The molecule has 1 aromatic rings. The lowest BCUT2D eigenvalue weighted by Crippen LogP contribution is -1.91. The number of amidine groups is 1. The normalized spacial score (nSPS) is 14.4. The third kappa shape index (κ3) is 4.31. The van der Waals surface area contributed by atoms with Gasteiger partial charge in [0.25, 0.3) is 0 Å². The fourth-order valence-corrected chi connectivity index (χ4v) is 6.28. The Hall–Kier alpha value is -0.260. The van der Waals surface area contributed by atoms with Gasteiger partial charge in [0.15, 0.2) is 18.3 Å². The van der Waals surface area contributed by atoms with Crippen LogP contribution in [-0.2, 0) is 5.75 Å². The molecule has 1 N–H and O–H groups in total. The van der Waals surface area contributed by atoms with E-state index in [2.05, 4.69) is 35.8 Å². The summed E-state index contributed by atoms with van der Waals surface area (Å²) in [7, 11) is 6.74. The van der Waals surface area contributed by atoms with Crippen molar-refractivity contribution in [1.29, 1.82) is 0 Å². The maximum atomic E-state index is 4.09. The molecule has 11 heteroatoms. The molecule has 0 spiro atoms. The summed E-state index contributed by atoms with van der Waals surface area (Å²) >= 11 is 0. The quantitative estimate of drug-likeness (QED) is 0.608. The van der Waals surface area contributed by atoms with Crippen LogP contribution in [0.4, 0.5) is 0 Å². The van der Waals surface area contributed by atoms with Crippen molar-refractivity contribution in [2.45, 2.75) is 5.75 Å². The van der Waals surface area contributed by atoms with Crippen LogP contribution < -0.4 is 0 Å². The maximum Gasteiger partial charge on any atom is 0.185 e. The molecule has 0 atom stereocenters. The van der Waals surface area contributed by atoms with Gasteiger partial charge in [0.05, 0.1) is 11.5 Å². The maximum absolute atomic E-state index is 4.09. The zero-order chi connectivity index (χ0) is 11.1. The van der Waals surface area contributed by atoms with Crippen molar-refractivity contribution in [3.8, 4) is 0 Å². The van der Waals surface area contributed by atoms with Gasteiger partial charge < -0.3 is 0 Å². The van der Waals surface area contributed by atoms with Crippen LogP contribution in [0.1, 0.15) is 5.82 Å². The molecule has 0 amide bonds. The van der Waals surface area contributed by atoms with Crippen LogP contribution in [0.2, 0.25) is 0 Å². The van der Waals surface area contributed by atoms with Gasteiger partial charge >= 0.3 is 0 Å². The van der Waals surface area contributed by atoms with E-state index in [0.29, 0.717) is 6.67 Å². The van der Waals surface area contributed by atoms with E-state index in [-0.39, 0.29) is 0 Å². The van der Waals surface area contributed by atoms with Crippen LogP contribution >= 0.6 is 41.2 Å². The smallest absolute Gasteiger partial charge is 0.185 e. The van der Waals surface area contributed by atoms with Gasteiger partial charge in [0.1, 0.15) is 0 Å². The predicted octanol–water partition coefficient (Wildman–Crippen LogP) is 2.20. The lowest BCUT2D eigenvalue weighted by Gasteiger charge is -1.96. The number of H-pyrrole nitrogens is 1. The third-order valence-corrected chi connectivity index (χ3v) is 7.58. The number of aliphatic imine (C=N–C) groups is 1. The molecule has 0 aliphatic carbocycles. The molecule has 0 radical (unpaired) electrons. The van der Waals surface area contributed by atoms with Crippen LogP contribution in [0.15, 0.2) is 15.2 Å². The number of tetrazole rings is 1. The molecule has 1 aromatic heterocycles. The lowest BCUT2D eigenvalue weighted by molar-refractivity contribution is 0.881. The second-order valence-corrected chi connectivity index (χ2v) is 8.45. The van der Waals surface area contributed by atoms with E-state index in [1.54, 1.807) is 41.2 Å². The molecule has 0 saturated carbocycles. The molecule has 1 aliphatic rings. The summed E-state index contributed by atoms with van der Waals surface area (Å²) in [5.74, 6) is 3.08. The zero-order valence-corrected chi connectivity index (χ0v) is 11.2. The minimum atomic E-state index is 0.486. The molecule has 16 heavy (non-hydrogen) atoms. The second kappa shape index (κ2) is 7.14. The molecule has 0 fully saturated rings. The summed E-state index contributed by atoms with van der Waals surface area (Å²) in [5, 5.41) is 21.3. The fourth-order valence-electron chi connectivity index (χ4n) is 0.769. The fraction of sp³-hybridized carbons (Fsp3) is 0.600. The van der Waals surface area contributed by atoms with Crippen molar-refractivity contribution < 1.29 is 0 Å². The Morgan fingerprint density at radius 3 is 2.75 bits per heavy atom. The summed E-state index contributed by atoms with van der Waals surface area (Å²) in [6.07, 6.45) is 0. The first-order chi connectivity index (χ1) is 7.95. The predicted molar refractivity (Wildman–Crippen MR) is 70.3 cm³/mol. The Balaban J connectivity index is 1.48. The third-order valence-electron chi connectivity index (χ3n) is 1.39. The van der Waals surface area contributed by atoms with Gasteiger partial charge in [-0.2, -0.15) is 10.3 Å². The minimum absolute atomic E-state index is 0.486. The average Bonchev–Trinajstić information content (AvgIpc) is 2.96. The summed E-state index contributed by atoms with van der Waals surface area (Å²) in [6, 6.07) is 0. The molecule has 0 saturated heterocycles. The van der Waals surface area contributed by atoms with E-state index in [0.717, 1.165) is 23.2 Å². The molecule has 7 nitrogen and oxygen atoms in total. The van der Waals surface area contributed by atoms with Crippen molar-refractivity contribution in [3.63, 3.8) is 0 Å². The van der Waals surface area contributed by atoms with Gasteiger partial charge in [-0.25, -0.2) is 4.99 Å². The van der Waals surface area contributed by atoms with Gasteiger partial charge in [0.2, 0.25) is 0 Å². The van der Waals surface area contributed by atoms with Gasteiger partial charge in [0, 0.05) is 0 Å². The van der Waals surface area contributed by atoms with Crippen molar-refractivity contribution in [1.82, 2.24) is 20.6 Å². The number of aromatic amines is 1. The standard InChI is InChI=1S/C5H7N7S4/c1(4-6-3-7-8-4)13-15-16-14-2-5-9-11-12-10-5/h1-3H2,(H,9,10,11,12). The number of nitrogens with zero attached hydrogens (tertiary/aromatic N) is 6. The summed E-state index contributed by atoms with van der Waals surface area (Å²) in [6.45, 7) is 0.486. The molecule has 0 unspecified atom stereocenters. The molecule has 0 bridgehead atoms. The highest BCUT2D eigenvalue weighted by atomic mass is 33.7. The van der Waals surface area contributed by atoms with E-state index in [9.17, 15) is 0 Å². The first-order valence-corrected chi connectivity index (χ1v) is 9.31. The van der Waals surface area contributed by atoms with Crippen LogP contribution in [0.25, 0.3) is 0 Å². The highest BCUT2D eigenvalue weighted by molar-refractivity contribution is 9.26. The van der Waals surface area contributed by atoms with E-state index >= 15 is 0 Å². The number of hydrogen-bond donors (Lipinski definition) is 1. The summed E-state index contributed by atoms with van der Waals surface area (Å²) < 4.78 is 0. The van der Waals surface area contributed by atoms with Crippen molar-refractivity contribution in [2.75, 3.05) is 12.4 Å². The average molecular weight is 293 g/mol. The largest absolute Gasteiger partial charge is 0.242 e. The molecular formula is C5H7N7S4. The molecule has 0 aromatic carbocycles. The number of hydrogen-bond acceptors (Lipinski definition) is 10. The molecule has 2 rings (SSSR count). The Morgan fingerprint density at radius 2 is 2.06 bits per heavy atom. The monoisotopic (exact) mass is 293 g/mol. The van der Waals surface area contributed by atoms with E-state index in [4.69, 9.17) is 0 Å². The van der Waals surface area contributed by atoms with Crippen molar-refractivity contribution >= 4 is 47.1 Å². The Kier molecular flexibility index (Phi) is 5.45. The minimum Gasteiger partial charge on any atom is -0.242 e. The molecule has 1 aliphatic heterocycles. The molecular weight excluding hydrogens is 286 g/mol. The van der Waals surface area contributed by atoms with Crippen molar-refractivity contribution in [2.24, 2.45) is 15.2 Å². The SMILES string of the molecule is C1N=NC(CSSSSCc2nn[nH]n2)=N1. The van der Waals surface area contributed by atoms with E-state index in [1.165, 1.54) is 0 Å². The van der Waals surface area contributed by atoms with E-state index in [1.807, 2.05) is 0 Å².